The van der Waals surface area contributed by atoms with Crippen molar-refractivity contribution < 1.29 is 18.3 Å². The molecule has 0 aromatic carbocycles. The molecule has 1 aliphatic heterocycles. The van der Waals surface area contributed by atoms with Crippen molar-refractivity contribution in [3.8, 4) is 0 Å². The lowest BCUT2D eigenvalue weighted by Crippen LogP contribution is -2.40. The number of carbonyl (C=O) groups is 1. The highest BCUT2D eigenvalue weighted by atomic mass is 19.3. The Morgan fingerprint density at radius 3 is 2.88 bits per heavy atom. The van der Waals surface area contributed by atoms with Crippen LogP contribution in [0.15, 0.2) is 0 Å². The van der Waals surface area contributed by atoms with Gasteiger partial charge in [0.15, 0.2) is 0 Å². The molecule has 0 aromatic rings. The number of ether oxygens (including phenoxy) is 1. The van der Waals surface area contributed by atoms with Crippen LogP contribution < -0.4 is 5.32 Å². The predicted octanol–water partition coefficient (Wildman–Crippen LogP) is 0.869. The van der Waals surface area contributed by atoms with Crippen LogP contribution in [0.3, 0.4) is 0 Å². The number of nitrogens with one attached hydrogen (secondary N) is 1. The van der Waals surface area contributed by atoms with Crippen molar-refractivity contribution in [3.05, 3.63) is 0 Å². The van der Waals surface area contributed by atoms with Crippen molar-refractivity contribution >= 4 is 5.91 Å². The first-order valence-corrected chi connectivity index (χ1v) is 5.91. The third-order valence-electron chi connectivity index (χ3n) is 2.86. The van der Waals surface area contributed by atoms with Gasteiger partial charge < -0.3 is 15.0 Å². The number of alkyl halides is 2. The molecule has 1 unspecified atom stereocenters. The largest absolute Gasteiger partial charge is 0.383 e. The maximum absolute atomic E-state index is 12.3. The van der Waals surface area contributed by atoms with E-state index in [-0.39, 0.29) is 25.1 Å². The summed E-state index contributed by atoms with van der Waals surface area (Å²) < 4.78 is 29.5. The zero-order valence-electron chi connectivity index (χ0n) is 10.1. The second-order valence-electron chi connectivity index (χ2n) is 4.22. The molecule has 0 aromatic heterocycles. The minimum Gasteiger partial charge on any atom is -0.383 e. The highest BCUT2D eigenvalue weighted by Gasteiger charge is 2.23. The molecule has 100 valence electrons. The van der Waals surface area contributed by atoms with E-state index in [0.717, 1.165) is 19.4 Å². The third-order valence-corrected chi connectivity index (χ3v) is 2.86. The van der Waals surface area contributed by atoms with Crippen molar-refractivity contribution in [2.75, 3.05) is 33.4 Å². The molecular weight excluding hydrogens is 230 g/mol. The van der Waals surface area contributed by atoms with Gasteiger partial charge in [0.1, 0.15) is 0 Å². The molecule has 0 radical (unpaired) electrons. The summed E-state index contributed by atoms with van der Waals surface area (Å²) in [5.74, 6) is -0.221. The molecule has 0 bridgehead atoms. The number of halogens is 2. The van der Waals surface area contributed by atoms with Crippen molar-refractivity contribution in [1.29, 1.82) is 0 Å². The fourth-order valence-electron chi connectivity index (χ4n) is 1.96. The van der Waals surface area contributed by atoms with E-state index in [4.69, 9.17) is 4.74 Å². The Kier molecular flexibility index (Phi) is 6.36. The summed E-state index contributed by atoms with van der Waals surface area (Å²) in [6.07, 6.45) is -0.202. The Morgan fingerprint density at radius 1 is 1.59 bits per heavy atom. The van der Waals surface area contributed by atoms with E-state index in [1.165, 1.54) is 12.0 Å². The molecule has 1 amide bonds. The number of methoxy groups -OCH3 is 1. The lowest BCUT2D eigenvalue weighted by atomic mass is 10.1. The van der Waals surface area contributed by atoms with Crippen LogP contribution in [0.1, 0.15) is 19.3 Å². The lowest BCUT2D eigenvalue weighted by Gasteiger charge is -2.23. The fourth-order valence-corrected chi connectivity index (χ4v) is 1.96. The van der Waals surface area contributed by atoms with Crippen LogP contribution in [0.25, 0.3) is 0 Å². The Morgan fingerprint density at radius 2 is 2.35 bits per heavy atom. The van der Waals surface area contributed by atoms with E-state index in [1.807, 2.05) is 0 Å². The molecule has 1 fully saturated rings. The molecule has 0 saturated carbocycles. The van der Waals surface area contributed by atoms with Crippen LogP contribution in [0.4, 0.5) is 8.78 Å². The minimum absolute atomic E-state index is 0.144. The molecule has 1 aliphatic rings. The maximum Gasteiger partial charge on any atom is 0.255 e. The van der Waals surface area contributed by atoms with E-state index >= 15 is 0 Å². The molecule has 1 heterocycles. The van der Waals surface area contributed by atoms with Crippen LogP contribution in [0.5, 0.6) is 0 Å². The van der Waals surface area contributed by atoms with Gasteiger partial charge in [0.05, 0.1) is 13.2 Å². The van der Waals surface area contributed by atoms with Crippen LogP contribution in [0.2, 0.25) is 0 Å². The quantitative estimate of drug-likeness (QED) is 0.729. The van der Waals surface area contributed by atoms with Gasteiger partial charge in [-0.25, -0.2) is 8.78 Å². The van der Waals surface area contributed by atoms with Crippen molar-refractivity contribution in [3.63, 3.8) is 0 Å². The fraction of sp³-hybridized carbons (Fsp3) is 0.909. The van der Waals surface area contributed by atoms with E-state index in [9.17, 15) is 13.6 Å². The number of amides is 1. The number of rotatable bonds is 7. The summed E-state index contributed by atoms with van der Waals surface area (Å²) in [5, 5.41) is 3.19. The summed E-state index contributed by atoms with van der Waals surface area (Å²) in [6, 6.07) is 0.144. The first-order valence-electron chi connectivity index (χ1n) is 5.91. The number of hydrogen-bond acceptors (Lipinski definition) is 3. The summed E-state index contributed by atoms with van der Waals surface area (Å²) in [7, 11) is 1.49. The van der Waals surface area contributed by atoms with Gasteiger partial charge in [-0.1, -0.05) is 0 Å². The molecule has 1 atom stereocenters. The standard InChI is InChI=1S/C11H20F2N2O2/c1-17-6-5-15(8-10(12)13)11(16)7-9-3-2-4-14-9/h9-10,14H,2-8H2,1H3. The lowest BCUT2D eigenvalue weighted by molar-refractivity contribution is -0.134. The average molecular weight is 250 g/mol. The maximum atomic E-state index is 12.3. The average Bonchev–Trinajstić information content (AvgIpc) is 2.76. The summed E-state index contributed by atoms with van der Waals surface area (Å²) >= 11 is 0. The minimum atomic E-state index is -2.49. The van der Waals surface area contributed by atoms with Gasteiger partial charge in [-0.3, -0.25) is 4.79 Å². The van der Waals surface area contributed by atoms with Crippen LogP contribution >= 0.6 is 0 Å². The van der Waals surface area contributed by atoms with Crippen LogP contribution in [0, 0.1) is 0 Å². The Labute approximate surface area is 100 Å². The van der Waals surface area contributed by atoms with Gasteiger partial charge in [0, 0.05) is 26.1 Å². The summed E-state index contributed by atoms with van der Waals surface area (Å²) in [4.78, 5) is 13.0. The molecule has 0 aliphatic carbocycles. The molecule has 1 saturated heterocycles. The Hall–Kier alpha value is -0.750. The third kappa shape index (κ3) is 5.41. The van der Waals surface area contributed by atoms with Gasteiger partial charge in [-0.15, -0.1) is 0 Å². The number of carbonyl (C=O) groups excluding carboxylic acids is 1. The van der Waals surface area contributed by atoms with Gasteiger partial charge >= 0.3 is 0 Å². The SMILES string of the molecule is COCCN(CC(F)F)C(=O)CC1CCCN1. The van der Waals surface area contributed by atoms with Crippen LogP contribution in [-0.4, -0.2) is 56.6 Å². The second kappa shape index (κ2) is 7.55. The highest BCUT2D eigenvalue weighted by Crippen LogP contribution is 2.11. The summed E-state index contributed by atoms with van der Waals surface area (Å²) in [6.45, 7) is 0.919. The molecular formula is C11H20F2N2O2. The Bertz CT molecular complexity index is 234. The van der Waals surface area contributed by atoms with Gasteiger partial charge in [0.2, 0.25) is 5.91 Å². The van der Waals surface area contributed by atoms with Gasteiger partial charge in [-0.05, 0) is 19.4 Å². The number of nitrogens with zero attached hydrogens (tertiary/aromatic N) is 1. The zero-order valence-corrected chi connectivity index (χ0v) is 10.1. The van der Waals surface area contributed by atoms with E-state index in [0.29, 0.717) is 6.42 Å². The molecule has 17 heavy (non-hydrogen) atoms. The molecule has 1 N–H and O–H groups in total. The normalized spacial score (nSPS) is 19.9. The zero-order chi connectivity index (χ0) is 12.7. The first kappa shape index (κ1) is 14.3. The predicted molar refractivity (Wildman–Crippen MR) is 60.1 cm³/mol. The topological polar surface area (TPSA) is 41.6 Å². The monoisotopic (exact) mass is 250 g/mol. The highest BCUT2D eigenvalue weighted by molar-refractivity contribution is 5.76. The molecule has 0 spiro atoms. The van der Waals surface area contributed by atoms with Crippen molar-refractivity contribution in [1.82, 2.24) is 10.2 Å². The van der Waals surface area contributed by atoms with Gasteiger partial charge in [0.25, 0.3) is 6.43 Å². The first-order chi connectivity index (χ1) is 8.13. The molecule has 4 nitrogen and oxygen atoms in total. The van der Waals surface area contributed by atoms with E-state index in [2.05, 4.69) is 5.32 Å². The van der Waals surface area contributed by atoms with Gasteiger partial charge in [-0.2, -0.15) is 0 Å². The number of hydrogen-bond donors (Lipinski definition) is 1. The van der Waals surface area contributed by atoms with Crippen LogP contribution in [-0.2, 0) is 9.53 Å². The van der Waals surface area contributed by atoms with Crippen molar-refractivity contribution in [2.45, 2.75) is 31.7 Å². The molecule has 1 rings (SSSR count). The van der Waals surface area contributed by atoms with E-state index in [1.54, 1.807) is 0 Å². The molecule has 6 heteroatoms. The smallest absolute Gasteiger partial charge is 0.255 e. The van der Waals surface area contributed by atoms with Crippen molar-refractivity contribution in [2.24, 2.45) is 0 Å². The second-order valence-corrected chi connectivity index (χ2v) is 4.22. The Balaban J connectivity index is 2.39. The van der Waals surface area contributed by atoms with E-state index < -0.39 is 13.0 Å². The summed E-state index contributed by atoms with van der Waals surface area (Å²) in [5.41, 5.74) is 0.